The lowest BCUT2D eigenvalue weighted by molar-refractivity contribution is 0.117. The van der Waals surface area contributed by atoms with Crippen LogP contribution in [0, 0.1) is 20.8 Å². The van der Waals surface area contributed by atoms with Crippen LogP contribution < -0.4 is 10.1 Å². The Morgan fingerprint density at radius 1 is 1.29 bits per heavy atom. The van der Waals surface area contributed by atoms with Crippen LogP contribution in [0.1, 0.15) is 17.0 Å². The third-order valence-electron chi connectivity index (χ3n) is 3.01. The molecule has 0 amide bonds. The fraction of sp³-hybridized carbons (Fsp3) is 0.375. The van der Waals surface area contributed by atoms with Crippen molar-refractivity contribution in [2.45, 2.75) is 26.9 Å². The van der Waals surface area contributed by atoms with Gasteiger partial charge in [0.1, 0.15) is 24.3 Å². The first-order chi connectivity index (χ1) is 10.0. The largest absolute Gasteiger partial charge is 0.491 e. The highest BCUT2D eigenvalue weighted by atomic mass is 16.5. The molecular formula is C16H21N3O2. The van der Waals surface area contributed by atoms with E-state index in [9.17, 15) is 5.11 Å². The summed E-state index contributed by atoms with van der Waals surface area (Å²) in [5, 5.41) is 13.1. The number of aromatic nitrogens is 2. The third kappa shape index (κ3) is 4.72. The fourth-order valence-electron chi connectivity index (χ4n) is 1.88. The number of aliphatic hydroxyl groups is 1. The van der Waals surface area contributed by atoms with E-state index in [4.69, 9.17) is 4.74 Å². The number of nitrogens with one attached hydrogen (secondary N) is 1. The summed E-state index contributed by atoms with van der Waals surface area (Å²) in [6.45, 7) is 6.36. The van der Waals surface area contributed by atoms with Crippen LogP contribution in [0.2, 0.25) is 0 Å². The van der Waals surface area contributed by atoms with E-state index < -0.39 is 6.10 Å². The number of benzene rings is 1. The molecule has 0 spiro atoms. The summed E-state index contributed by atoms with van der Waals surface area (Å²) in [5.41, 5.74) is 2.78. The second-order valence-electron chi connectivity index (χ2n) is 5.11. The van der Waals surface area contributed by atoms with Gasteiger partial charge in [-0.05, 0) is 38.5 Å². The second-order valence-corrected chi connectivity index (χ2v) is 5.11. The smallest absolute Gasteiger partial charge is 0.147 e. The van der Waals surface area contributed by atoms with Gasteiger partial charge in [0.2, 0.25) is 0 Å². The Hall–Kier alpha value is -2.14. The standard InChI is InChI=1S/C16H21N3O2/c1-11-5-4-6-15(7-11)21-10-14(20)9-18-16-13(3)17-8-12(2)19-16/h4-8,14,20H,9-10H2,1-3H3,(H,18,19)/t14-/m0/s1. The van der Waals surface area contributed by atoms with Crippen LogP contribution in [-0.2, 0) is 0 Å². The van der Waals surface area contributed by atoms with Crippen LogP contribution in [-0.4, -0.2) is 34.3 Å². The molecule has 0 bridgehead atoms. The Morgan fingerprint density at radius 2 is 2.10 bits per heavy atom. The van der Waals surface area contributed by atoms with Crippen molar-refractivity contribution in [3.05, 3.63) is 47.4 Å². The lowest BCUT2D eigenvalue weighted by atomic mass is 10.2. The Bertz CT molecular complexity index is 602. The van der Waals surface area contributed by atoms with Crippen LogP contribution in [0.4, 0.5) is 5.82 Å². The molecule has 0 aliphatic rings. The molecule has 2 rings (SSSR count). The highest BCUT2D eigenvalue weighted by Gasteiger charge is 2.08. The molecule has 5 nitrogen and oxygen atoms in total. The first-order valence-electron chi connectivity index (χ1n) is 6.96. The molecule has 21 heavy (non-hydrogen) atoms. The normalized spacial score (nSPS) is 12.0. The SMILES string of the molecule is Cc1cccc(OC[C@@H](O)CNc2nc(C)cnc2C)c1. The molecule has 2 N–H and O–H groups in total. The zero-order valence-electron chi connectivity index (χ0n) is 12.6. The van der Waals surface area contributed by atoms with E-state index >= 15 is 0 Å². The lowest BCUT2D eigenvalue weighted by Gasteiger charge is -2.14. The van der Waals surface area contributed by atoms with Crippen molar-refractivity contribution in [1.82, 2.24) is 9.97 Å². The average molecular weight is 287 g/mol. The highest BCUT2D eigenvalue weighted by Crippen LogP contribution is 2.13. The molecule has 0 aliphatic heterocycles. The van der Waals surface area contributed by atoms with Crippen molar-refractivity contribution in [2.24, 2.45) is 0 Å². The molecule has 1 aromatic carbocycles. The van der Waals surface area contributed by atoms with E-state index in [1.165, 1.54) is 0 Å². The van der Waals surface area contributed by atoms with Gasteiger partial charge in [0.25, 0.3) is 0 Å². The van der Waals surface area contributed by atoms with Crippen LogP contribution in [0.3, 0.4) is 0 Å². The van der Waals surface area contributed by atoms with Gasteiger partial charge < -0.3 is 15.2 Å². The molecule has 112 valence electrons. The van der Waals surface area contributed by atoms with Crippen LogP contribution >= 0.6 is 0 Å². The molecule has 1 atom stereocenters. The minimum atomic E-state index is -0.618. The quantitative estimate of drug-likeness (QED) is 0.853. The second kappa shape index (κ2) is 7.04. The Morgan fingerprint density at radius 3 is 2.86 bits per heavy atom. The first kappa shape index (κ1) is 15.3. The number of nitrogens with zero attached hydrogens (tertiary/aromatic N) is 2. The first-order valence-corrected chi connectivity index (χ1v) is 6.96. The van der Waals surface area contributed by atoms with Crippen molar-refractivity contribution < 1.29 is 9.84 Å². The fourth-order valence-corrected chi connectivity index (χ4v) is 1.88. The zero-order valence-corrected chi connectivity index (χ0v) is 12.6. The van der Waals surface area contributed by atoms with Gasteiger partial charge in [-0.2, -0.15) is 0 Å². The minimum Gasteiger partial charge on any atom is -0.491 e. The summed E-state index contributed by atoms with van der Waals surface area (Å²) < 4.78 is 5.56. The van der Waals surface area contributed by atoms with E-state index in [1.807, 2.05) is 45.0 Å². The van der Waals surface area contributed by atoms with E-state index in [1.54, 1.807) is 6.20 Å². The Labute approximate surface area is 125 Å². The van der Waals surface area contributed by atoms with Crippen molar-refractivity contribution in [3.8, 4) is 5.75 Å². The summed E-state index contributed by atoms with van der Waals surface area (Å²) in [7, 11) is 0. The number of rotatable bonds is 6. The minimum absolute atomic E-state index is 0.231. The summed E-state index contributed by atoms with van der Waals surface area (Å²) in [5.74, 6) is 1.46. The predicted molar refractivity (Wildman–Crippen MR) is 82.7 cm³/mol. The zero-order chi connectivity index (χ0) is 15.2. The maximum atomic E-state index is 9.97. The van der Waals surface area contributed by atoms with Crippen LogP contribution in [0.5, 0.6) is 5.75 Å². The number of anilines is 1. The van der Waals surface area contributed by atoms with Gasteiger partial charge >= 0.3 is 0 Å². The summed E-state index contributed by atoms with van der Waals surface area (Å²) in [6.07, 6.45) is 1.10. The Kier molecular flexibility index (Phi) is 5.11. The summed E-state index contributed by atoms with van der Waals surface area (Å²) >= 11 is 0. The molecule has 1 aromatic heterocycles. The van der Waals surface area contributed by atoms with Gasteiger partial charge in [-0.3, -0.25) is 4.98 Å². The molecule has 2 aromatic rings. The maximum Gasteiger partial charge on any atom is 0.147 e. The van der Waals surface area contributed by atoms with Gasteiger partial charge in [0.05, 0.1) is 11.4 Å². The van der Waals surface area contributed by atoms with Gasteiger partial charge in [0, 0.05) is 12.7 Å². The molecule has 0 radical (unpaired) electrons. The topological polar surface area (TPSA) is 67.3 Å². The highest BCUT2D eigenvalue weighted by molar-refractivity contribution is 5.39. The average Bonchev–Trinajstić information content (AvgIpc) is 2.46. The molecule has 0 fully saturated rings. The monoisotopic (exact) mass is 287 g/mol. The van der Waals surface area contributed by atoms with Gasteiger partial charge in [0.15, 0.2) is 0 Å². The van der Waals surface area contributed by atoms with Crippen LogP contribution in [0.15, 0.2) is 30.5 Å². The number of aryl methyl sites for hydroxylation is 3. The molecule has 0 saturated heterocycles. The van der Waals surface area contributed by atoms with Crippen molar-refractivity contribution in [3.63, 3.8) is 0 Å². The number of hydrogen-bond acceptors (Lipinski definition) is 5. The summed E-state index contributed by atoms with van der Waals surface area (Å²) in [4.78, 5) is 8.57. The molecule has 0 unspecified atom stereocenters. The summed E-state index contributed by atoms with van der Waals surface area (Å²) in [6, 6.07) is 7.75. The molecule has 1 heterocycles. The third-order valence-corrected chi connectivity index (χ3v) is 3.01. The molecule has 0 saturated carbocycles. The number of aliphatic hydroxyl groups excluding tert-OH is 1. The number of ether oxygens (including phenoxy) is 1. The van der Waals surface area contributed by atoms with Crippen molar-refractivity contribution in [1.29, 1.82) is 0 Å². The van der Waals surface area contributed by atoms with E-state index in [0.29, 0.717) is 12.4 Å². The van der Waals surface area contributed by atoms with Crippen molar-refractivity contribution in [2.75, 3.05) is 18.5 Å². The predicted octanol–water partition coefficient (Wildman–Crippen LogP) is 2.25. The molecule has 0 aliphatic carbocycles. The van der Waals surface area contributed by atoms with Gasteiger partial charge in [-0.1, -0.05) is 12.1 Å². The maximum absolute atomic E-state index is 9.97. The van der Waals surface area contributed by atoms with E-state index in [2.05, 4.69) is 15.3 Å². The van der Waals surface area contributed by atoms with Gasteiger partial charge in [-0.25, -0.2) is 4.98 Å². The lowest BCUT2D eigenvalue weighted by Crippen LogP contribution is -2.27. The molecule has 5 heteroatoms. The van der Waals surface area contributed by atoms with Crippen molar-refractivity contribution >= 4 is 5.82 Å². The van der Waals surface area contributed by atoms with E-state index in [-0.39, 0.29) is 6.61 Å². The number of hydrogen-bond donors (Lipinski definition) is 2. The van der Waals surface area contributed by atoms with E-state index in [0.717, 1.165) is 22.7 Å². The van der Waals surface area contributed by atoms with Gasteiger partial charge in [-0.15, -0.1) is 0 Å². The molecular weight excluding hydrogens is 266 g/mol. The Balaban J connectivity index is 1.82. The van der Waals surface area contributed by atoms with Crippen LogP contribution in [0.25, 0.3) is 0 Å².